The predicted molar refractivity (Wildman–Crippen MR) is 133 cm³/mol. The molecule has 2 aromatic rings. The smallest absolute Gasteiger partial charge is 0.297 e. The SMILES string of the molecule is Cc1ccc(S(=O)(=O)OCCOCc2ccc(CO/C(=C\Cl)CNN(C=O)C(C)(C)C)cn2)cc1. The van der Waals surface area contributed by atoms with Crippen molar-refractivity contribution in [3.8, 4) is 0 Å². The van der Waals surface area contributed by atoms with Gasteiger partial charge < -0.3 is 9.47 Å². The van der Waals surface area contributed by atoms with Crippen molar-refractivity contribution in [1.29, 1.82) is 0 Å². The van der Waals surface area contributed by atoms with Gasteiger partial charge in [0.1, 0.15) is 12.4 Å². The van der Waals surface area contributed by atoms with Crippen molar-refractivity contribution in [3.63, 3.8) is 0 Å². The summed E-state index contributed by atoms with van der Waals surface area (Å²) in [5.41, 5.74) is 6.36. The number of aromatic nitrogens is 1. The highest BCUT2D eigenvalue weighted by Gasteiger charge is 2.19. The number of hydrazine groups is 1. The van der Waals surface area contributed by atoms with Gasteiger partial charge in [-0.1, -0.05) is 35.4 Å². The largest absolute Gasteiger partial charge is 0.491 e. The van der Waals surface area contributed by atoms with E-state index in [1.807, 2.05) is 33.8 Å². The highest BCUT2D eigenvalue weighted by Crippen LogP contribution is 2.13. The summed E-state index contributed by atoms with van der Waals surface area (Å²) < 4.78 is 40.4. The summed E-state index contributed by atoms with van der Waals surface area (Å²) in [5.74, 6) is 0.468. The van der Waals surface area contributed by atoms with Crippen molar-refractivity contribution in [2.45, 2.75) is 51.3 Å². The second-order valence-corrected chi connectivity index (χ2v) is 10.5. The number of nitrogens with zero attached hydrogens (tertiary/aromatic N) is 2. The van der Waals surface area contributed by atoms with Crippen LogP contribution in [0.1, 0.15) is 37.6 Å². The first kappa shape index (κ1) is 28.7. The van der Waals surface area contributed by atoms with Gasteiger partial charge in [0, 0.05) is 17.3 Å². The Morgan fingerprint density at radius 2 is 1.83 bits per heavy atom. The van der Waals surface area contributed by atoms with E-state index in [1.165, 1.54) is 22.7 Å². The Hall–Kier alpha value is -2.50. The molecule has 1 aromatic heterocycles. The standard InChI is InChI=1S/C24H32ClN3O6S/c1-19-5-9-23(10-6-19)35(30,31)34-12-11-32-17-21-8-7-20(14-26-21)16-33-22(13-25)15-27-28(18-29)24(2,3)4/h5-10,13-14,18,27H,11-12,15-17H2,1-4H3/b22-13-. The van der Waals surface area contributed by atoms with Crippen LogP contribution in [0.2, 0.25) is 0 Å². The molecule has 192 valence electrons. The summed E-state index contributed by atoms with van der Waals surface area (Å²) in [6.07, 6.45) is 2.37. The molecule has 0 atom stereocenters. The molecule has 35 heavy (non-hydrogen) atoms. The summed E-state index contributed by atoms with van der Waals surface area (Å²) in [4.78, 5) is 15.6. The molecule has 11 heteroatoms. The van der Waals surface area contributed by atoms with Gasteiger partial charge in [-0.15, -0.1) is 0 Å². The first-order chi connectivity index (χ1) is 16.5. The Kier molecular flexibility index (Phi) is 11.1. The molecular formula is C24H32ClN3O6S. The number of carbonyl (C=O) groups excluding carboxylic acids is 1. The minimum Gasteiger partial charge on any atom is -0.491 e. The molecular weight excluding hydrogens is 494 g/mol. The number of amides is 1. The maximum Gasteiger partial charge on any atom is 0.297 e. The summed E-state index contributed by atoms with van der Waals surface area (Å²) >= 11 is 5.84. The van der Waals surface area contributed by atoms with E-state index in [2.05, 4.69) is 10.4 Å². The molecule has 1 heterocycles. The molecule has 1 N–H and O–H groups in total. The van der Waals surface area contributed by atoms with Gasteiger partial charge in [0.25, 0.3) is 10.1 Å². The van der Waals surface area contributed by atoms with Crippen LogP contribution < -0.4 is 5.43 Å². The molecule has 0 radical (unpaired) electrons. The summed E-state index contributed by atoms with van der Waals surface area (Å²) in [6.45, 7) is 8.28. The van der Waals surface area contributed by atoms with Gasteiger partial charge in [0.15, 0.2) is 0 Å². The number of carbonyl (C=O) groups is 1. The fourth-order valence-corrected chi connectivity index (χ4v) is 3.70. The first-order valence-corrected chi connectivity index (χ1v) is 12.8. The number of hydrogen-bond acceptors (Lipinski definition) is 8. The molecule has 0 bridgehead atoms. The average Bonchev–Trinajstić information content (AvgIpc) is 2.81. The van der Waals surface area contributed by atoms with Crippen molar-refractivity contribution < 1.29 is 26.9 Å². The van der Waals surface area contributed by atoms with E-state index < -0.39 is 10.1 Å². The third-order valence-corrected chi connectivity index (χ3v) is 6.28. The Morgan fingerprint density at radius 3 is 2.40 bits per heavy atom. The average molecular weight is 526 g/mol. The molecule has 0 aliphatic carbocycles. The lowest BCUT2D eigenvalue weighted by atomic mass is 10.1. The van der Waals surface area contributed by atoms with Gasteiger partial charge in [-0.25, -0.2) is 5.43 Å². The van der Waals surface area contributed by atoms with Crippen LogP contribution in [0.25, 0.3) is 0 Å². The van der Waals surface area contributed by atoms with Gasteiger partial charge in [0.05, 0.1) is 42.5 Å². The number of ether oxygens (including phenoxy) is 2. The van der Waals surface area contributed by atoms with E-state index in [0.717, 1.165) is 11.1 Å². The Balaban J connectivity index is 1.71. The lowest BCUT2D eigenvalue weighted by Gasteiger charge is -2.32. The van der Waals surface area contributed by atoms with E-state index >= 15 is 0 Å². The minimum absolute atomic E-state index is 0.0968. The number of nitrogens with one attached hydrogen (secondary N) is 1. The summed E-state index contributed by atoms with van der Waals surface area (Å²) in [6, 6.07) is 10.1. The summed E-state index contributed by atoms with van der Waals surface area (Å²) in [5, 5.41) is 1.44. The zero-order valence-electron chi connectivity index (χ0n) is 20.4. The van der Waals surface area contributed by atoms with Crippen LogP contribution in [-0.4, -0.2) is 50.1 Å². The molecule has 0 aliphatic heterocycles. The number of halogens is 1. The zero-order valence-corrected chi connectivity index (χ0v) is 21.9. The lowest BCUT2D eigenvalue weighted by Crippen LogP contribution is -2.50. The topological polar surface area (TPSA) is 107 Å². The third kappa shape index (κ3) is 9.95. The van der Waals surface area contributed by atoms with Crippen molar-refractivity contribution in [1.82, 2.24) is 15.4 Å². The van der Waals surface area contributed by atoms with Gasteiger partial charge in [-0.05, 0) is 45.9 Å². The quantitative estimate of drug-likeness (QED) is 0.131. The highest BCUT2D eigenvalue weighted by atomic mass is 35.5. The fraction of sp³-hybridized carbons (Fsp3) is 0.417. The van der Waals surface area contributed by atoms with Crippen LogP contribution in [0.4, 0.5) is 0 Å². The number of aryl methyl sites for hydroxylation is 1. The Morgan fingerprint density at radius 1 is 1.11 bits per heavy atom. The fourth-order valence-electron chi connectivity index (χ4n) is 2.67. The van der Waals surface area contributed by atoms with Crippen molar-refractivity contribution in [3.05, 3.63) is 70.7 Å². The highest BCUT2D eigenvalue weighted by molar-refractivity contribution is 7.86. The van der Waals surface area contributed by atoms with Gasteiger partial charge in [-0.2, -0.15) is 8.42 Å². The van der Waals surface area contributed by atoms with E-state index in [-0.39, 0.29) is 43.4 Å². The van der Waals surface area contributed by atoms with Crippen LogP contribution in [0.15, 0.2) is 58.8 Å². The molecule has 0 unspecified atom stereocenters. The van der Waals surface area contributed by atoms with E-state index in [9.17, 15) is 13.2 Å². The molecule has 0 saturated carbocycles. The van der Waals surface area contributed by atoms with Crippen molar-refractivity contribution in [2.75, 3.05) is 19.8 Å². The van der Waals surface area contributed by atoms with Crippen LogP contribution in [-0.2, 0) is 41.8 Å². The van der Waals surface area contributed by atoms with Crippen molar-refractivity contribution >= 4 is 28.1 Å². The molecule has 0 spiro atoms. The minimum atomic E-state index is -3.81. The number of rotatable bonds is 14. The molecule has 0 fully saturated rings. The molecule has 9 nitrogen and oxygen atoms in total. The van der Waals surface area contributed by atoms with E-state index in [4.69, 9.17) is 25.3 Å². The van der Waals surface area contributed by atoms with Gasteiger partial charge in [-0.3, -0.25) is 19.0 Å². The number of benzene rings is 1. The van der Waals surface area contributed by atoms with E-state index in [1.54, 1.807) is 24.4 Å². The second kappa shape index (κ2) is 13.6. The monoisotopic (exact) mass is 525 g/mol. The first-order valence-electron chi connectivity index (χ1n) is 10.9. The third-order valence-electron chi connectivity index (χ3n) is 4.71. The Labute approximate surface area is 212 Å². The van der Waals surface area contributed by atoms with Crippen LogP contribution >= 0.6 is 11.6 Å². The molecule has 0 aliphatic rings. The molecule has 0 saturated heterocycles. The molecule has 1 amide bonds. The zero-order chi connectivity index (χ0) is 25.9. The van der Waals surface area contributed by atoms with E-state index in [0.29, 0.717) is 17.9 Å². The maximum atomic E-state index is 12.1. The molecule has 1 aromatic carbocycles. The van der Waals surface area contributed by atoms with Crippen LogP contribution in [0.5, 0.6) is 0 Å². The maximum absolute atomic E-state index is 12.1. The van der Waals surface area contributed by atoms with Crippen molar-refractivity contribution in [2.24, 2.45) is 0 Å². The van der Waals surface area contributed by atoms with Crippen LogP contribution in [0.3, 0.4) is 0 Å². The molecule has 2 rings (SSSR count). The second-order valence-electron chi connectivity index (χ2n) is 8.64. The summed E-state index contributed by atoms with van der Waals surface area (Å²) in [7, 11) is -3.81. The van der Waals surface area contributed by atoms with Crippen LogP contribution in [0, 0.1) is 6.92 Å². The van der Waals surface area contributed by atoms with Gasteiger partial charge in [0.2, 0.25) is 6.41 Å². The Bertz CT molecular complexity index is 1070. The normalized spacial score (nSPS) is 12.4. The number of hydrogen-bond donors (Lipinski definition) is 1. The lowest BCUT2D eigenvalue weighted by molar-refractivity contribution is -0.126. The predicted octanol–water partition coefficient (Wildman–Crippen LogP) is 3.67. The van der Waals surface area contributed by atoms with Gasteiger partial charge >= 0.3 is 0 Å². The number of pyridine rings is 1.